The van der Waals surface area contributed by atoms with Crippen LogP contribution < -0.4 is 5.73 Å². The van der Waals surface area contributed by atoms with Crippen LogP contribution in [0.2, 0.25) is 0 Å². The summed E-state index contributed by atoms with van der Waals surface area (Å²) in [6.45, 7) is 4.10. The average Bonchev–Trinajstić information content (AvgIpc) is 2.75. The molecule has 0 radical (unpaired) electrons. The summed E-state index contributed by atoms with van der Waals surface area (Å²) in [4.78, 5) is 2.23. The first kappa shape index (κ1) is 19.9. The predicted octanol–water partition coefficient (Wildman–Crippen LogP) is 4.45. The molecule has 0 aromatic heterocycles. The SMILES string of the molecule is CCN1CC2=C(OC(N)=C(C#N)C2c2ccc(F)cc2)/C(=C/c2ccc(F)cc2)C1. The molecule has 2 aromatic rings. The van der Waals surface area contributed by atoms with E-state index >= 15 is 0 Å². The summed E-state index contributed by atoms with van der Waals surface area (Å²) in [7, 11) is 0. The van der Waals surface area contributed by atoms with Crippen molar-refractivity contribution in [2.24, 2.45) is 5.73 Å². The molecule has 2 N–H and O–H groups in total. The first-order chi connectivity index (χ1) is 14.5. The fraction of sp³-hybridized carbons (Fsp3) is 0.208. The Morgan fingerprint density at radius 3 is 2.33 bits per heavy atom. The fourth-order valence-electron chi connectivity index (χ4n) is 3.96. The molecule has 30 heavy (non-hydrogen) atoms. The Hall–Kier alpha value is -3.43. The maximum Gasteiger partial charge on any atom is 0.205 e. The number of ether oxygens (including phenoxy) is 1. The highest BCUT2D eigenvalue weighted by molar-refractivity contribution is 5.63. The summed E-state index contributed by atoms with van der Waals surface area (Å²) in [6, 6.07) is 14.5. The third-order valence-electron chi connectivity index (χ3n) is 5.47. The number of halogens is 2. The molecule has 1 atom stereocenters. The second kappa shape index (κ2) is 8.13. The normalized spacial score (nSPS) is 20.7. The van der Waals surface area contributed by atoms with E-state index in [1.807, 2.05) is 6.08 Å². The number of benzene rings is 2. The molecule has 1 unspecified atom stereocenters. The van der Waals surface area contributed by atoms with Gasteiger partial charge in [-0.1, -0.05) is 31.2 Å². The summed E-state index contributed by atoms with van der Waals surface area (Å²) < 4.78 is 32.8. The minimum absolute atomic E-state index is 0.0560. The van der Waals surface area contributed by atoms with E-state index in [1.165, 1.54) is 24.3 Å². The molecular weight excluding hydrogens is 384 g/mol. The Morgan fingerprint density at radius 1 is 1.10 bits per heavy atom. The van der Waals surface area contributed by atoms with Crippen LogP contribution in [0.1, 0.15) is 24.0 Å². The van der Waals surface area contributed by atoms with Gasteiger partial charge in [-0.05, 0) is 53.6 Å². The largest absolute Gasteiger partial charge is 0.440 e. The average molecular weight is 405 g/mol. The van der Waals surface area contributed by atoms with Crippen LogP contribution >= 0.6 is 0 Å². The van der Waals surface area contributed by atoms with Gasteiger partial charge in [-0.15, -0.1) is 0 Å². The molecule has 0 spiro atoms. The van der Waals surface area contributed by atoms with Gasteiger partial charge in [0.15, 0.2) is 0 Å². The zero-order valence-corrected chi connectivity index (χ0v) is 16.5. The number of nitriles is 1. The molecule has 6 heteroatoms. The zero-order chi connectivity index (χ0) is 21.3. The Labute approximate surface area is 174 Å². The molecule has 0 bridgehead atoms. The lowest BCUT2D eigenvalue weighted by molar-refractivity contribution is 0.239. The van der Waals surface area contributed by atoms with E-state index < -0.39 is 5.92 Å². The predicted molar refractivity (Wildman–Crippen MR) is 111 cm³/mol. The minimum atomic E-state index is -0.412. The van der Waals surface area contributed by atoms with Gasteiger partial charge in [0.25, 0.3) is 0 Å². The summed E-state index contributed by atoms with van der Waals surface area (Å²) >= 11 is 0. The molecule has 2 heterocycles. The Balaban J connectivity index is 1.86. The van der Waals surface area contributed by atoms with Gasteiger partial charge < -0.3 is 10.5 Å². The van der Waals surface area contributed by atoms with E-state index in [4.69, 9.17) is 10.5 Å². The van der Waals surface area contributed by atoms with Gasteiger partial charge in [-0.25, -0.2) is 8.78 Å². The molecule has 4 rings (SSSR count). The van der Waals surface area contributed by atoms with Crippen molar-refractivity contribution in [3.8, 4) is 6.07 Å². The topological polar surface area (TPSA) is 62.3 Å². The molecule has 2 aromatic carbocycles. The van der Waals surface area contributed by atoms with E-state index in [0.29, 0.717) is 24.4 Å². The first-order valence-corrected chi connectivity index (χ1v) is 9.75. The number of likely N-dealkylation sites (N-methyl/N-ethyl adjacent to an activating group) is 1. The third-order valence-corrected chi connectivity index (χ3v) is 5.47. The number of rotatable bonds is 3. The van der Waals surface area contributed by atoms with Crippen molar-refractivity contribution in [2.45, 2.75) is 12.8 Å². The summed E-state index contributed by atoms with van der Waals surface area (Å²) in [5.41, 5.74) is 9.89. The summed E-state index contributed by atoms with van der Waals surface area (Å²) in [5.74, 6) is -0.362. The second-order valence-electron chi connectivity index (χ2n) is 7.36. The molecule has 0 fully saturated rings. The molecule has 152 valence electrons. The highest BCUT2D eigenvalue weighted by atomic mass is 19.1. The number of nitrogens with zero attached hydrogens (tertiary/aromatic N) is 2. The third kappa shape index (κ3) is 3.72. The van der Waals surface area contributed by atoms with E-state index in [1.54, 1.807) is 24.3 Å². The Kier molecular flexibility index (Phi) is 5.39. The lowest BCUT2D eigenvalue weighted by atomic mass is 9.80. The van der Waals surface area contributed by atoms with Gasteiger partial charge >= 0.3 is 0 Å². The number of nitrogens with two attached hydrogens (primary N) is 1. The van der Waals surface area contributed by atoms with Crippen molar-refractivity contribution in [3.63, 3.8) is 0 Å². The molecule has 0 saturated heterocycles. The highest BCUT2D eigenvalue weighted by Crippen LogP contribution is 2.43. The van der Waals surface area contributed by atoms with Gasteiger partial charge in [0.2, 0.25) is 5.88 Å². The van der Waals surface area contributed by atoms with E-state index in [9.17, 15) is 14.0 Å². The lowest BCUT2D eigenvalue weighted by Gasteiger charge is -2.38. The van der Waals surface area contributed by atoms with Gasteiger partial charge in [0, 0.05) is 18.7 Å². The van der Waals surface area contributed by atoms with E-state index in [-0.39, 0.29) is 17.5 Å². The first-order valence-electron chi connectivity index (χ1n) is 9.75. The maximum atomic E-state index is 13.5. The number of allylic oxidation sites excluding steroid dienone is 1. The van der Waals surface area contributed by atoms with E-state index in [2.05, 4.69) is 17.9 Å². The highest BCUT2D eigenvalue weighted by Gasteiger charge is 2.37. The molecule has 2 aliphatic heterocycles. The second-order valence-corrected chi connectivity index (χ2v) is 7.36. The Morgan fingerprint density at radius 2 is 1.73 bits per heavy atom. The molecule has 0 aliphatic carbocycles. The van der Waals surface area contributed by atoms with Crippen LogP contribution in [0.25, 0.3) is 6.08 Å². The monoisotopic (exact) mass is 405 g/mol. The van der Waals surface area contributed by atoms with Gasteiger partial charge in [0.05, 0.1) is 5.92 Å². The van der Waals surface area contributed by atoms with Crippen LogP contribution in [0.3, 0.4) is 0 Å². The van der Waals surface area contributed by atoms with Crippen molar-refractivity contribution in [1.29, 1.82) is 5.26 Å². The van der Waals surface area contributed by atoms with Crippen molar-refractivity contribution in [3.05, 3.63) is 99.7 Å². The van der Waals surface area contributed by atoms with Gasteiger partial charge in [-0.3, -0.25) is 4.90 Å². The standard InChI is InChI=1S/C24H21F2N3O/c1-2-29-13-17(11-15-3-7-18(25)8-4-15)23-21(14-29)22(20(12-27)24(28)30-23)16-5-9-19(26)10-6-16/h3-11,22H,2,13-14,28H2,1H3/b17-11+. The molecular formula is C24H21F2N3O. The molecule has 0 amide bonds. The van der Waals surface area contributed by atoms with Crippen LogP contribution in [0.5, 0.6) is 0 Å². The quantitative estimate of drug-likeness (QED) is 0.820. The van der Waals surface area contributed by atoms with Gasteiger partial charge in [0.1, 0.15) is 29.0 Å². The fourth-order valence-corrected chi connectivity index (χ4v) is 3.96. The van der Waals surface area contributed by atoms with Crippen LogP contribution in [0, 0.1) is 23.0 Å². The van der Waals surface area contributed by atoms with Crippen LogP contribution in [-0.4, -0.2) is 24.5 Å². The van der Waals surface area contributed by atoms with Crippen molar-refractivity contribution in [1.82, 2.24) is 4.90 Å². The summed E-state index contributed by atoms with van der Waals surface area (Å²) in [6.07, 6.45) is 1.95. The van der Waals surface area contributed by atoms with E-state index in [0.717, 1.165) is 28.8 Å². The van der Waals surface area contributed by atoms with Crippen molar-refractivity contribution < 1.29 is 13.5 Å². The molecule has 2 aliphatic rings. The van der Waals surface area contributed by atoms with Crippen LogP contribution in [0.15, 0.2) is 76.9 Å². The summed E-state index contributed by atoms with van der Waals surface area (Å²) in [5, 5.41) is 9.76. The van der Waals surface area contributed by atoms with Crippen LogP contribution in [-0.2, 0) is 4.74 Å². The number of hydrogen-bond donors (Lipinski definition) is 1. The van der Waals surface area contributed by atoms with Crippen molar-refractivity contribution >= 4 is 6.08 Å². The maximum absolute atomic E-state index is 13.5. The minimum Gasteiger partial charge on any atom is -0.440 e. The van der Waals surface area contributed by atoms with Gasteiger partial charge in [-0.2, -0.15) is 5.26 Å². The Bertz CT molecular complexity index is 1090. The number of hydrogen-bond acceptors (Lipinski definition) is 4. The molecule has 4 nitrogen and oxygen atoms in total. The lowest BCUT2D eigenvalue weighted by Crippen LogP contribution is -2.38. The zero-order valence-electron chi connectivity index (χ0n) is 16.5. The molecule has 0 saturated carbocycles. The smallest absolute Gasteiger partial charge is 0.205 e. The van der Waals surface area contributed by atoms with Crippen molar-refractivity contribution in [2.75, 3.05) is 19.6 Å². The van der Waals surface area contributed by atoms with Crippen LogP contribution in [0.4, 0.5) is 8.78 Å².